The van der Waals surface area contributed by atoms with Crippen molar-refractivity contribution < 1.29 is 9.53 Å². The maximum atomic E-state index is 12.0. The van der Waals surface area contributed by atoms with Crippen molar-refractivity contribution in [1.82, 2.24) is 9.78 Å². The van der Waals surface area contributed by atoms with Crippen molar-refractivity contribution in [2.75, 3.05) is 6.61 Å². The molecule has 0 amide bonds. The van der Waals surface area contributed by atoms with Crippen LogP contribution in [0.2, 0.25) is 5.15 Å². The number of esters is 1. The van der Waals surface area contributed by atoms with E-state index < -0.39 is 5.97 Å². The zero-order valence-electron chi connectivity index (χ0n) is 14.3. The molecule has 2 rings (SSSR count). The maximum Gasteiger partial charge on any atom is 0.348 e. The smallest absolute Gasteiger partial charge is 0.348 e. The first-order chi connectivity index (χ1) is 12.1. The summed E-state index contributed by atoms with van der Waals surface area (Å²) >= 11 is 6.41. The van der Waals surface area contributed by atoms with Crippen molar-refractivity contribution in [2.24, 2.45) is 0 Å². The number of halogens is 1. The maximum absolute atomic E-state index is 12.0. The Hall–Kier alpha value is -2.58. The molecule has 1 aromatic heterocycles. The fraction of sp³-hybridized carbons (Fsp3) is 0.316. The summed E-state index contributed by atoms with van der Waals surface area (Å²) in [6.45, 7) is 4.60. The predicted molar refractivity (Wildman–Crippen MR) is 97.0 cm³/mol. The Kier molecular flexibility index (Phi) is 6.79. The molecular formula is C19H20ClN3O2. The topological polar surface area (TPSA) is 67.9 Å². The highest BCUT2D eigenvalue weighted by Gasteiger charge is 2.16. The molecule has 0 atom stereocenters. The summed E-state index contributed by atoms with van der Waals surface area (Å²) in [6, 6.07) is 11.7. The summed E-state index contributed by atoms with van der Waals surface area (Å²) in [7, 11) is 0. The predicted octanol–water partition coefficient (Wildman–Crippen LogP) is 4.14. The number of hydrogen-bond donors (Lipinski definition) is 0. The van der Waals surface area contributed by atoms with Gasteiger partial charge in [0.25, 0.3) is 0 Å². The molecule has 130 valence electrons. The van der Waals surface area contributed by atoms with Crippen LogP contribution in [0, 0.1) is 18.3 Å². The van der Waals surface area contributed by atoms with Crippen molar-refractivity contribution in [2.45, 2.75) is 33.2 Å². The highest BCUT2D eigenvalue weighted by Crippen LogP contribution is 2.24. The third-order valence-electron chi connectivity index (χ3n) is 3.64. The molecule has 0 spiro atoms. The average Bonchev–Trinajstić information content (AvgIpc) is 2.87. The Morgan fingerprint density at radius 3 is 2.76 bits per heavy atom. The molecule has 0 aliphatic heterocycles. The van der Waals surface area contributed by atoms with Gasteiger partial charge in [0.15, 0.2) is 0 Å². The second-order valence-corrected chi connectivity index (χ2v) is 5.95. The lowest BCUT2D eigenvalue weighted by Gasteiger charge is -2.04. The van der Waals surface area contributed by atoms with Gasteiger partial charge in [-0.05, 0) is 25.0 Å². The molecule has 0 bridgehead atoms. The lowest BCUT2D eigenvalue weighted by atomic mass is 10.1. The Balaban J connectivity index is 2.23. The Morgan fingerprint density at radius 2 is 2.12 bits per heavy atom. The second kappa shape index (κ2) is 9.05. The number of benzene rings is 1. The van der Waals surface area contributed by atoms with Gasteiger partial charge < -0.3 is 4.74 Å². The molecule has 0 saturated carbocycles. The molecule has 25 heavy (non-hydrogen) atoms. The minimum atomic E-state index is -0.637. The van der Waals surface area contributed by atoms with Crippen LogP contribution in [0.1, 0.15) is 36.6 Å². The summed E-state index contributed by atoms with van der Waals surface area (Å²) in [5, 5.41) is 14.0. The number of nitrogens with zero attached hydrogens (tertiary/aromatic N) is 3. The molecule has 0 fully saturated rings. The molecule has 0 radical (unpaired) electrons. The van der Waals surface area contributed by atoms with E-state index in [1.54, 1.807) is 11.6 Å². The minimum absolute atomic E-state index is 0.0830. The van der Waals surface area contributed by atoms with Crippen molar-refractivity contribution >= 4 is 23.6 Å². The lowest BCUT2D eigenvalue weighted by molar-refractivity contribution is -0.138. The first-order valence-corrected chi connectivity index (χ1v) is 8.50. The van der Waals surface area contributed by atoms with E-state index >= 15 is 0 Å². The van der Waals surface area contributed by atoms with Crippen LogP contribution in [0.3, 0.4) is 0 Å². The third kappa shape index (κ3) is 4.94. The van der Waals surface area contributed by atoms with E-state index in [0.29, 0.717) is 29.6 Å². The third-order valence-corrected chi connectivity index (χ3v) is 4.04. The van der Waals surface area contributed by atoms with Gasteiger partial charge in [0.2, 0.25) is 0 Å². The molecule has 0 N–H and O–H groups in total. The van der Waals surface area contributed by atoms with E-state index in [-0.39, 0.29) is 5.57 Å². The largest absolute Gasteiger partial charge is 0.462 e. The number of hydrogen-bond acceptors (Lipinski definition) is 4. The molecule has 2 aromatic rings. The van der Waals surface area contributed by atoms with Crippen molar-refractivity contribution in [3.8, 4) is 6.07 Å². The monoisotopic (exact) mass is 357 g/mol. The minimum Gasteiger partial charge on any atom is -0.462 e. The molecule has 0 aliphatic rings. The lowest BCUT2D eigenvalue weighted by Crippen LogP contribution is -2.07. The molecule has 0 aliphatic carbocycles. The normalized spacial score (nSPS) is 11.2. The molecule has 5 nitrogen and oxygen atoms in total. The Bertz CT molecular complexity index is 804. The van der Waals surface area contributed by atoms with Crippen molar-refractivity contribution in [3.63, 3.8) is 0 Å². The number of rotatable bonds is 7. The summed E-state index contributed by atoms with van der Waals surface area (Å²) in [6.07, 6.45) is 3.12. The number of nitriles is 1. The first-order valence-electron chi connectivity index (χ1n) is 8.12. The summed E-state index contributed by atoms with van der Waals surface area (Å²) < 4.78 is 6.74. The van der Waals surface area contributed by atoms with E-state index in [4.69, 9.17) is 16.3 Å². The molecule has 1 heterocycles. The SMILES string of the molecule is CCCCOC(=O)/C(C#N)=C/c1c(C)nn(Cc2ccccc2)c1Cl. The van der Waals surface area contributed by atoms with E-state index in [2.05, 4.69) is 5.10 Å². The van der Waals surface area contributed by atoms with Gasteiger partial charge in [0.05, 0.1) is 18.8 Å². The van der Waals surface area contributed by atoms with Crippen LogP contribution in [0.15, 0.2) is 35.9 Å². The van der Waals surface area contributed by atoms with Crippen LogP contribution in [0.4, 0.5) is 0 Å². The van der Waals surface area contributed by atoms with E-state index in [1.807, 2.05) is 43.3 Å². The van der Waals surface area contributed by atoms with Gasteiger partial charge >= 0.3 is 5.97 Å². The van der Waals surface area contributed by atoms with Crippen LogP contribution in [0.25, 0.3) is 6.08 Å². The molecule has 6 heteroatoms. The summed E-state index contributed by atoms with van der Waals surface area (Å²) in [4.78, 5) is 12.0. The fourth-order valence-corrected chi connectivity index (χ4v) is 2.55. The number of carbonyl (C=O) groups excluding carboxylic acids is 1. The van der Waals surface area contributed by atoms with Crippen molar-refractivity contribution in [1.29, 1.82) is 5.26 Å². The fourth-order valence-electron chi connectivity index (χ4n) is 2.26. The van der Waals surface area contributed by atoms with Gasteiger partial charge in [-0.1, -0.05) is 55.3 Å². The molecule has 0 unspecified atom stereocenters. The quantitative estimate of drug-likeness (QED) is 0.323. The van der Waals surface area contributed by atoms with Gasteiger partial charge in [0.1, 0.15) is 16.8 Å². The summed E-state index contributed by atoms with van der Waals surface area (Å²) in [5.74, 6) is -0.637. The van der Waals surface area contributed by atoms with Gasteiger partial charge in [-0.25, -0.2) is 9.48 Å². The second-order valence-electron chi connectivity index (χ2n) is 5.59. The van der Waals surface area contributed by atoms with Crippen LogP contribution in [0.5, 0.6) is 0 Å². The number of aromatic nitrogens is 2. The number of unbranched alkanes of at least 4 members (excludes halogenated alkanes) is 1. The van der Waals surface area contributed by atoms with E-state index in [0.717, 1.165) is 18.4 Å². The van der Waals surface area contributed by atoms with Gasteiger partial charge in [-0.15, -0.1) is 0 Å². The summed E-state index contributed by atoms with van der Waals surface area (Å²) in [5.41, 5.74) is 2.18. The van der Waals surface area contributed by atoms with Crippen LogP contribution in [-0.2, 0) is 16.1 Å². The standard InChI is InChI=1S/C19H20ClN3O2/c1-3-4-10-25-19(24)16(12-21)11-17-14(2)22-23(18(17)20)13-15-8-6-5-7-9-15/h5-9,11H,3-4,10,13H2,1-2H3/b16-11+. The molecule has 1 aromatic carbocycles. The zero-order valence-corrected chi connectivity index (χ0v) is 15.1. The van der Waals surface area contributed by atoms with Gasteiger partial charge in [-0.3, -0.25) is 0 Å². The van der Waals surface area contributed by atoms with Crippen LogP contribution < -0.4 is 0 Å². The van der Waals surface area contributed by atoms with Crippen LogP contribution >= 0.6 is 11.6 Å². The van der Waals surface area contributed by atoms with Crippen molar-refractivity contribution in [3.05, 3.63) is 57.9 Å². The number of carbonyl (C=O) groups is 1. The molecule has 0 saturated heterocycles. The Labute approximate surface area is 152 Å². The number of aryl methyl sites for hydroxylation is 1. The average molecular weight is 358 g/mol. The zero-order chi connectivity index (χ0) is 18.2. The highest BCUT2D eigenvalue weighted by atomic mass is 35.5. The Morgan fingerprint density at radius 1 is 1.40 bits per heavy atom. The first kappa shape index (κ1) is 18.8. The van der Waals surface area contributed by atoms with Gasteiger partial charge in [0, 0.05) is 5.56 Å². The molecular weight excluding hydrogens is 338 g/mol. The van der Waals surface area contributed by atoms with Gasteiger partial charge in [-0.2, -0.15) is 10.4 Å². The van der Waals surface area contributed by atoms with Crippen LogP contribution in [-0.4, -0.2) is 22.4 Å². The number of ether oxygens (including phenoxy) is 1. The highest BCUT2D eigenvalue weighted by molar-refractivity contribution is 6.31. The van der Waals surface area contributed by atoms with E-state index in [1.165, 1.54) is 6.08 Å². The van der Waals surface area contributed by atoms with E-state index in [9.17, 15) is 10.1 Å².